The molecular weight excluding hydrogens is 653 g/mol. The van der Waals surface area contributed by atoms with E-state index in [4.69, 9.17) is 18.9 Å². The Morgan fingerprint density at radius 3 is 2.04 bits per heavy atom. The third kappa shape index (κ3) is 8.79. The maximum absolute atomic E-state index is 14.6. The Morgan fingerprint density at radius 1 is 0.776 bits per heavy atom. The van der Waals surface area contributed by atoms with E-state index in [-0.39, 0.29) is 35.0 Å². The molecule has 2 amide bonds. The van der Waals surface area contributed by atoms with E-state index in [0.29, 0.717) is 23.6 Å². The molecule has 0 aromatic heterocycles. The van der Waals surface area contributed by atoms with Crippen LogP contribution in [0.25, 0.3) is 0 Å². The summed E-state index contributed by atoms with van der Waals surface area (Å²) in [4.78, 5) is 29.4. The molecule has 4 aromatic carbocycles. The Hall–Kier alpha value is -5.30. The van der Waals surface area contributed by atoms with Crippen molar-refractivity contribution in [1.82, 2.24) is 10.2 Å². The number of carbonyl (C=O) groups excluding carboxylic acids is 2. The fraction of sp³-hybridized carbons (Fsp3) is 0.278. The number of carbonyl (C=O) groups is 2. The predicted molar refractivity (Wildman–Crippen MR) is 183 cm³/mol. The zero-order chi connectivity index (χ0) is 35.6. The maximum atomic E-state index is 14.6. The molecule has 1 N–H and O–H groups in total. The van der Waals surface area contributed by atoms with E-state index in [1.165, 1.54) is 87.9 Å². The molecule has 4 aromatic rings. The Morgan fingerprint density at radius 2 is 1.43 bits per heavy atom. The Balaban J connectivity index is 1.89. The first kappa shape index (κ1) is 36.5. The molecule has 0 saturated carbocycles. The van der Waals surface area contributed by atoms with Crippen LogP contribution in [0, 0.1) is 5.82 Å². The number of ether oxygens (including phenoxy) is 4. The summed E-state index contributed by atoms with van der Waals surface area (Å²) in [5.74, 6) is -0.691. The lowest BCUT2D eigenvalue weighted by Gasteiger charge is -2.34. The number of anilines is 1. The van der Waals surface area contributed by atoms with Gasteiger partial charge in [-0.05, 0) is 54.4 Å². The van der Waals surface area contributed by atoms with Crippen LogP contribution in [0.4, 0.5) is 10.1 Å². The van der Waals surface area contributed by atoms with Gasteiger partial charge in [0.05, 0.1) is 39.0 Å². The van der Waals surface area contributed by atoms with E-state index in [9.17, 15) is 22.4 Å². The lowest BCUT2D eigenvalue weighted by molar-refractivity contribution is -0.140. The highest BCUT2D eigenvalue weighted by Crippen LogP contribution is 2.38. The number of hydrogen-bond donors (Lipinski definition) is 1. The van der Waals surface area contributed by atoms with E-state index in [1.54, 1.807) is 13.0 Å². The summed E-state index contributed by atoms with van der Waals surface area (Å²) in [5.41, 5.74) is 1.33. The van der Waals surface area contributed by atoms with Gasteiger partial charge < -0.3 is 29.2 Å². The van der Waals surface area contributed by atoms with Crippen molar-refractivity contribution in [2.75, 3.05) is 45.8 Å². The van der Waals surface area contributed by atoms with Crippen LogP contribution < -0.4 is 28.6 Å². The van der Waals surface area contributed by atoms with Gasteiger partial charge in [-0.25, -0.2) is 12.8 Å². The fourth-order valence-corrected chi connectivity index (χ4v) is 6.67. The number of nitrogens with zero attached hydrogens (tertiary/aromatic N) is 2. The minimum atomic E-state index is -4.53. The Kier molecular flexibility index (Phi) is 12.4. The molecule has 4 rings (SSSR count). The third-order valence-corrected chi connectivity index (χ3v) is 9.52. The van der Waals surface area contributed by atoms with E-state index >= 15 is 0 Å². The first-order chi connectivity index (χ1) is 23.6. The monoisotopic (exact) mass is 693 g/mol. The topological polar surface area (TPSA) is 124 Å². The van der Waals surface area contributed by atoms with Gasteiger partial charge in [0.15, 0.2) is 11.5 Å². The average molecular weight is 694 g/mol. The second-order valence-electron chi connectivity index (χ2n) is 10.8. The molecular formula is C36H40FN3O8S. The van der Waals surface area contributed by atoms with Crippen molar-refractivity contribution < 1.29 is 41.3 Å². The van der Waals surface area contributed by atoms with Gasteiger partial charge in [0.25, 0.3) is 10.0 Å². The SMILES string of the molecule is CCNC(=O)[C@@H](Cc1ccccc1)N(Cc1ccc(F)cc1)C(=O)CN(c1cc(OC)ccc1OC)S(=O)(=O)c1ccc(OC)c(OC)c1. The van der Waals surface area contributed by atoms with Crippen molar-refractivity contribution in [1.29, 1.82) is 0 Å². The smallest absolute Gasteiger partial charge is 0.265 e. The zero-order valence-corrected chi connectivity index (χ0v) is 28.8. The molecule has 0 aliphatic heterocycles. The number of rotatable bonds is 16. The van der Waals surface area contributed by atoms with Crippen molar-refractivity contribution in [2.24, 2.45) is 0 Å². The van der Waals surface area contributed by atoms with Crippen LogP contribution in [0.1, 0.15) is 18.1 Å². The van der Waals surface area contributed by atoms with E-state index in [2.05, 4.69) is 5.32 Å². The molecule has 0 saturated heterocycles. The number of benzene rings is 4. The highest BCUT2D eigenvalue weighted by molar-refractivity contribution is 7.92. The number of nitrogens with one attached hydrogen (secondary N) is 1. The molecule has 11 nitrogen and oxygen atoms in total. The molecule has 0 bridgehead atoms. The van der Waals surface area contributed by atoms with Gasteiger partial charge in [0.2, 0.25) is 11.8 Å². The van der Waals surface area contributed by atoms with E-state index in [0.717, 1.165) is 9.87 Å². The molecule has 0 fully saturated rings. The van der Waals surface area contributed by atoms with Crippen LogP contribution >= 0.6 is 0 Å². The van der Waals surface area contributed by atoms with Gasteiger partial charge in [0, 0.05) is 31.6 Å². The van der Waals surface area contributed by atoms with Crippen molar-refractivity contribution >= 4 is 27.5 Å². The summed E-state index contributed by atoms with van der Waals surface area (Å²) in [6.45, 7) is 1.19. The number of halogens is 1. The minimum absolute atomic E-state index is 0.0179. The number of amides is 2. The second kappa shape index (κ2) is 16.7. The molecule has 260 valence electrons. The van der Waals surface area contributed by atoms with Gasteiger partial charge >= 0.3 is 0 Å². The predicted octanol–water partition coefficient (Wildman–Crippen LogP) is 4.83. The highest BCUT2D eigenvalue weighted by Gasteiger charge is 2.36. The van der Waals surface area contributed by atoms with Crippen LogP contribution in [0.2, 0.25) is 0 Å². The summed E-state index contributed by atoms with van der Waals surface area (Å²) in [6, 6.07) is 22.3. The zero-order valence-electron chi connectivity index (χ0n) is 28.0. The summed E-state index contributed by atoms with van der Waals surface area (Å²) in [5, 5.41) is 2.81. The number of sulfonamides is 1. The molecule has 0 aliphatic rings. The molecule has 0 radical (unpaired) electrons. The molecule has 13 heteroatoms. The van der Waals surface area contributed by atoms with Crippen molar-refractivity contribution in [3.63, 3.8) is 0 Å². The summed E-state index contributed by atoms with van der Waals surface area (Å²) in [7, 11) is 1.08. The fourth-order valence-electron chi connectivity index (χ4n) is 5.24. The second-order valence-corrected chi connectivity index (χ2v) is 12.7. The van der Waals surface area contributed by atoms with E-state index < -0.39 is 40.2 Å². The highest BCUT2D eigenvalue weighted by atomic mass is 32.2. The van der Waals surface area contributed by atoms with Crippen LogP contribution in [-0.4, -0.2) is 72.7 Å². The minimum Gasteiger partial charge on any atom is -0.497 e. The Labute approximate surface area is 286 Å². The summed E-state index contributed by atoms with van der Waals surface area (Å²) in [6.07, 6.45) is 0.129. The number of likely N-dealkylation sites (N-methyl/N-ethyl adjacent to an activating group) is 1. The standard InChI is InChI=1S/C36H40FN3O8S/c1-6-38-36(42)31(20-25-10-8-7-9-11-25)39(23-26-12-14-27(37)15-13-26)35(41)24-40(30-21-28(45-2)16-18-32(30)46-3)49(43,44)29-17-19-33(47-4)34(22-29)48-5/h7-19,21-22,31H,6,20,23-24H2,1-5H3,(H,38,42)/t31-/m1/s1. The lowest BCUT2D eigenvalue weighted by Crippen LogP contribution is -2.53. The number of methoxy groups -OCH3 is 4. The lowest BCUT2D eigenvalue weighted by atomic mass is 10.0. The molecule has 0 aliphatic carbocycles. The molecule has 49 heavy (non-hydrogen) atoms. The molecule has 1 atom stereocenters. The largest absolute Gasteiger partial charge is 0.497 e. The van der Waals surface area contributed by atoms with Gasteiger partial charge in [-0.3, -0.25) is 13.9 Å². The molecule has 0 heterocycles. The van der Waals surface area contributed by atoms with Crippen molar-refractivity contribution in [2.45, 2.75) is 30.8 Å². The first-order valence-electron chi connectivity index (χ1n) is 15.4. The summed E-state index contributed by atoms with van der Waals surface area (Å²) < 4.78 is 65.5. The number of hydrogen-bond acceptors (Lipinski definition) is 8. The van der Waals surface area contributed by atoms with Crippen LogP contribution in [0.15, 0.2) is 95.9 Å². The van der Waals surface area contributed by atoms with E-state index in [1.807, 2.05) is 30.3 Å². The first-order valence-corrected chi connectivity index (χ1v) is 16.8. The van der Waals surface area contributed by atoms with Crippen LogP contribution in [0.5, 0.6) is 23.0 Å². The van der Waals surface area contributed by atoms with Gasteiger partial charge in [-0.1, -0.05) is 42.5 Å². The molecule has 0 spiro atoms. The quantitative estimate of drug-likeness (QED) is 0.177. The van der Waals surface area contributed by atoms with Gasteiger partial charge in [-0.2, -0.15) is 0 Å². The normalized spacial score (nSPS) is 11.6. The maximum Gasteiger partial charge on any atom is 0.265 e. The average Bonchev–Trinajstić information content (AvgIpc) is 3.12. The molecule has 0 unspecified atom stereocenters. The van der Waals surface area contributed by atoms with Crippen LogP contribution in [0.3, 0.4) is 0 Å². The summed E-state index contributed by atoms with van der Waals surface area (Å²) >= 11 is 0. The third-order valence-electron chi connectivity index (χ3n) is 7.76. The Bertz CT molecular complexity index is 1840. The van der Waals surface area contributed by atoms with Crippen molar-refractivity contribution in [3.05, 3.63) is 108 Å². The van der Waals surface area contributed by atoms with Gasteiger partial charge in [0.1, 0.15) is 29.9 Å². The van der Waals surface area contributed by atoms with Crippen LogP contribution in [-0.2, 0) is 32.6 Å². The van der Waals surface area contributed by atoms with Crippen molar-refractivity contribution in [3.8, 4) is 23.0 Å². The van der Waals surface area contributed by atoms with Gasteiger partial charge in [-0.15, -0.1) is 0 Å².